The maximum atomic E-state index is 12.4. The Morgan fingerprint density at radius 3 is 2.73 bits per heavy atom. The molecule has 0 radical (unpaired) electrons. The average molecular weight is 358 g/mol. The van der Waals surface area contributed by atoms with Crippen molar-refractivity contribution in [2.75, 3.05) is 31.6 Å². The molecule has 1 saturated heterocycles. The summed E-state index contributed by atoms with van der Waals surface area (Å²) in [4.78, 5) is 29.2. The van der Waals surface area contributed by atoms with Gasteiger partial charge in [-0.05, 0) is 18.6 Å². The van der Waals surface area contributed by atoms with E-state index in [-0.39, 0.29) is 11.8 Å². The molecule has 9 heteroatoms. The molecule has 0 aliphatic carbocycles. The lowest BCUT2D eigenvalue weighted by Gasteiger charge is -2.26. The minimum Gasteiger partial charge on any atom is -0.378 e. The fourth-order valence-corrected chi connectivity index (χ4v) is 2.66. The van der Waals surface area contributed by atoms with E-state index in [2.05, 4.69) is 15.4 Å². The van der Waals surface area contributed by atoms with Crippen LogP contribution in [0.1, 0.15) is 23.2 Å². The zero-order valence-corrected chi connectivity index (χ0v) is 14.4. The number of anilines is 2. The van der Waals surface area contributed by atoms with Crippen molar-refractivity contribution >= 4 is 23.3 Å². The van der Waals surface area contributed by atoms with Gasteiger partial charge in [0.05, 0.1) is 30.7 Å². The molecule has 0 unspecified atom stereocenters. The second-order valence-electron chi connectivity index (χ2n) is 6.02. The lowest BCUT2D eigenvalue weighted by atomic mass is 10.2. The highest BCUT2D eigenvalue weighted by Crippen LogP contribution is 2.15. The largest absolute Gasteiger partial charge is 0.378 e. The molecule has 0 atom stereocenters. The lowest BCUT2D eigenvalue weighted by molar-refractivity contribution is -0.118. The van der Waals surface area contributed by atoms with Crippen LogP contribution in [-0.4, -0.2) is 57.8 Å². The van der Waals surface area contributed by atoms with Crippen LogP contribution >= 0.6 is 0 Å². The Hall–Kier alpha value is -2.94. The van der Waals surface area contributed by atoms with Crippen LogP contribution in [0.25, 0.3) is 0 Å². The molecular formula is C17H22N6O3. The number of rotatable bonds is 7. The minimum atomic E-state index is -0.313. The molecule has 1 fully saturated rings. The van der Waals surface area contributed by atoms with Crippen molar-refractivity contribution in [2.24, 2.45) is 5.73 Å². The fourth-order valence-electron chi connectivity index (χ4n) is 2.66. The summed E-state index contributed by atoms with van der Waals surface area (Å²) >= 11 is 0. The topological polar surface area (TPSA) is 115 Å². The third kappa shape index (κ3) is 4.79. The van der Waals surface area contributed by atoms with Crippen LogP contribution in [-0.2, 0) is 16.1 Å². The highest BCUT2D eigenvalue weighted by molar-refractivity contribution is 5.94. The summed E-state index contributed by atoms with van der Waals surface area (Å²) in [5.41, 5.74) is 6.46. The number of nitrogens with one attached hydrogen (secondary N) is 1. The number of hydrogen-bond acceptors (Lipinski definition) is 6. The average Bonchev–Trinajstić information content (AvgIpc) is 3.09. The molecule has 3 rings (SSSR count). The highest BCUT2D eigenvalue weighted by atomic mass is 16.5. The number of ether oxygens (including phenoxy) is 1. The van der Waals surface area contributed by atoms with Crippen molar-refractivity contribution < 1.29 is 14.3 Å². The van der Waals surface area contributed by atoms with Crippen molar-refractivity contribution in [1.29, 1.82) is 0 Å². The van der Waals surface area contributed by atoms with Crippen LogP contribution in [0.2, 0.25) is 0 Å². The maximum absolute atomic E-state index is 12.4. The van der Waals surface area contributed by atoms with Crippen LogP contribution in [0, 0.1) is 0 Å². The van der Waals surface area contributed by atoms with Gasteiger partial charge in [-0.25, -0.2) is 4.98 Å². The Balaban J connectivity index is 1.55. The molecule has 2 aromatic heterocycles. The number of aryl methyl sites for hydroxylation is 1. The molecular weight excluding hydrogens is 336 g/mol. The van der Waals surface area contributed by atoms with Crippen LogP contribution in [0.3, 0.4) is 0 Å². The second kappa shape index (κ2) is 8.43. The normalized spacial score (nSPS) is 14.2. The number of morpholine rings is 1. The number of hydrogen-bond donors (Lipinski definition) is 2. The summed E-state index contributed by atoms with van der Waals surface area (Å²) in [6, 6.07) is 3.52. The molecule has 26 heavy (non-hydrogen) atoms. The van der Waals surface area contributed by atoms with Crippen molar-refractivity contribution in [3.8, 4) is 0 Å². The Morgan fingerprint density at radius 1 is 1.23 bits per heavy atom. The van der Waals surface area contributed by atoms with Gasteiger partial charge in [0.2, 0.25) is 5.91 Å². The molecule has 9 nitrogen and oxygen atoms in total. The van der Waals surface area contributed by atoms with Gasteiger partial charge < -0.3 is 20.7 Å². The molecule has 0 aromatic carbocycles. The number of aromatic nitrogens is 3. The van der Waals surface area contributed by atoms with Gasteiger partial charge in [-0.1, -0.05) is 0 Å². The zero-order valence-electron chi connectivity index (χ0n) is 14.4. The first-order valence-corrected chi connectivity index (χ1v) is 8.53. The van der Waals surface area contributed by atoms with Crippen molar-refractivity contribution in [2.45, 2.75) is 19.4 Å². The minimum absolute atomic E-state index is 0.0328. The van der Waals surface area contributed by atoms with E-state index in [1.54, 1.807) is 34.1 Å². The summed E-state index contributed by atoms with van der Waals surface area (Å²) < 4.78 is 7.00. The van der Waals surface area contributed by atoms with Gasteiger partial charge in [0.15, 0.2) is 0 Å². The van der Waals surface area contributed by atoms with Gasteiger partial charge in [-0.2, -0.15) is 5.10 Å². The van der Waals surface area contributed by atoms with Gasteiger partial charge in [0.1, 0.15) is 5.82 Å². The molecule has 2 amide bonds. The Morgan fingerprint density at radius 2 is 2.04 bits per heavy atom. The number of amides is 2. The smallest absolute Gasteiger partial charge is 0.255 e. The summed E-state index contributed by atoms with van der Waals surface area (Å²) in [7, 11) is 0. The lowest BCUT2D eigenvalue weighted by Crippen LogP contribution is -2.40. The van der Waals surface area contributed by atoms with Crippen LogP contribution < -0.4 is 11.1 Å². The van der Waals surface area contributed by atoms with Crippen LogP contribution in [0.4, 0.5) is 11.5 Å². The number of pyridine rings is 1. The van der Waals surface area contributed by atoms with Crippen LogP contribution in [0.15, 0.2) is 30.7 Å². The van der Waals surface area contributed by atoms with E-state index in [1.165, 1.54) is 0 Å². The summed E-state index contributed by atoms with van der Waals surface area (Å²) in [5.74, 6) is 0.279. The first kappa shape index (κ1) is 17.9. The maximum Gasteiger partial charge on any atom is 0.255 e. The van der Waals surface area contributed by atoms with Gasteiger partial charge in [0.25, 0.3) is 5.91 Å². The number of carbonyl (C=O) groups is 2. The molecule has 1 aliphatic heterocycles. The van der Waals surface area contributed by atoms with Gasteiger partial charge in [0, 0.05) is 38.4 Å². The summed E-state index contributed by atoms with van der Waals surface area (Å²) in [6.45, 7) is 2.97. The van der Waals surface area contributed by atoms with E-state index in [0.717, 1.165) is 5.69 Å². The van der Waals surface area contributed by atoms with E-state index >= 15 is 0 Å². The molecule has 1 aliphatic rings. The predicted molar refractivity (Wildman–Crippen MR) is 94.9 cm³/mol. The first-order chi connectivity index (χ1) is 12.6. The number of nitrogens with zero attached hydrogens (tertiary/aromatic N) is 4. The zero-order chi connectivity index (χ0) is 18.4. The molecule has 3 heterocycles. The Bertz CT molecular complexity index is 752. The third-order valence-electron chi connectivity index (χ3n) is 4.02. The molecule has 3 N–H and O–H groups in total. The second-order valence-corrected chi connectivity index (χ2v) is 6.02. The Labute approximate surface area is 151 Å². The third-order valence-corrected chi connectivity index (χ3v) is 4.02. The van der Waals surface area contributed by atoms with E-state index in [0.29, 0.717) is 57.1 Å². The molecule has 0 saturated carbocycles. The number of carbonyl (C=O) groups excluding carboxylic acids is 2. The summed E-state index contributed by atoms with van der Waals surface area (Å²) in [6.07, 6.45) is 6.06. The van der Waals surface area contributed by atoms with Crippen molar-refractivity contribution in [3.05, 3.63) is 36.3 Å². The van der Waals surface area contributed by atoms with Gasteiger partial charge >= 0.3 is 0 Å². The highest BCUT2D eigenvalue weighted by Gasteiger charge is 2.18. The molecule has 2 aromatic rings. The SMILES string of the molecule is NC(=O)CCCn1cc(Nc2ccc(C(=O)N3CCOCC3)cn2)cn1. The molecule has 0 spiro atoms. The molecule has 138 valence electrons. The van der Waals surface area contributed by atoms with E-state index in [4.69, 9.17) is 10.5 Å². The van der Waals surface area contributed by atoms with Gasteiger partial charge in [-0.15, -0.1) is 0 Å². The standard InChI is InChI=1S/C17H22N6O3/c18-15(24)2-1-5-23-12-14(11-20-23)21-16-4-3-13(10-19-16)17(25)22-6-8-26-9-7-22/h3-4,10-12H,1-2,5-9H2,(H2,18,24)(H,19,21). The fraction of sp³-hybridized carbons (Fsp3) is 0.412. The number of nitrogens with two attached hydrogens (primary N) is 1. The Kier molecular flexibility index (Phi) is 5.80. The quantitative estimate of drug-likeness (QED) is 0.755. The monoisotopic (exact) mass is 358 g/mol. The van der Waals surface area contributed by atoms with Crippen molar-refractivity contribution in [1.82, 2.24) is 19.7 Å². The van der Waals surface area contributed by atoms with Crippen molar-refractivity contribution in [3.63, 3.8) is 0 Å². The van der Waals surface area contributed by atoms with E-state index in [1.807, 2.05) is 6.20 Å². The first-order valence-electron chi connectivity index (χ1n) is 8.53. The summed E-state index contributed by atoms with van der Waals surface area (Å²) in [5, 5.41) is 7.36. The predicted octanol–water partition coefficient (Wildman–Crippen LogP) is 0.760. The van der Waals surface area contributed by atoms with E-state index in [9.17, 15) is 9.59 Å². The van der Waals surface area contributed by atoms with E-state index < -0.39 is 0 Å². The molecule has 0 bridgehead atoms. The van der Waals surface area contributed by atoms with Crippen LogP contribution in [0.5, 0.6) is 0 Å². The van der Waals surface area contributed by atoms with Gasteiger partial charge in [-0.3, -0.25) is 14.3 Å². The number of primary amides is 1.